The fourth-order valence-electron chi connectivity index (χ4n) is 3.67. The normalized spacial score (nSPS) is 14.6. The van der Waals surface area contributed by atoms with Crippen LogP contribution in [0.4, 0.5) is 0 Å². The Labute approximate surface area is 176 Å². The average Bonchev–Trinajstić information content (AvgIpc) is 3.11. The summed E-state index contributed by atoms with van der Waals surface area (Å²) in [6.45, 7) is 7.23. The minimum atomic E-state index is -0.546. The number of furan rings is 1. The molecule has 7 heteroatoms. The molecule has 0 radical (unpaired) electrons. The molecule has 1 fully saturated rings. The molecule has 0 saturated carbocycles. The monoisotopic (exact) mass is 411 g/mol. The van der Waals surface area contributed by atoms with Crippen molar-refractivity contribution in [1.82, 2.24) is 14.8 Å². The molecule has 1 N–H and O–H groups in total. The molecular formula is C23H29N3O4. The third-order valence-electron chi connectivity index (χ3n) is 5.24. The van der Waals surface area contributed by atoms with Gasteiger partial charge in [-0.2, -0.15) is 0 Å². The number of carbonyl (C=O) groups is 2. The van der Waals surface area contributed by atoms with Crippen LogP contribution in [0, 0.1) is 6.92 Å². The minimum absolute atomic E-state index is 0.0186. The summed E-state index contributed by atoms with van der Waals surface area (Å²) < 4.78 is 7.29. The zero-order valence-electron chi connectivity index (χ0n) is 17.5. The fraction of sp³-hybridized carbons (Fsp3) is 0.435. The molecule has 3 heterocycles. The Kier molecular flexibility index (Phi) is 7.27. The highest BCUT2D eigenvalue weighted by Gasteiger charge is 2.24. The van der Waals surface area contributed by atoms with Gasteiger partial charge in [0.15, 0.2) is 0 Å². The molecule has 3 rings (SSSR count). The van der Waals surface area contributed by atoms with Crippen LogP contribution < -0.4 is 10.7 Å². The molecule has 1 aliphatic heterocycles. The molecule has 2 amide bonds. The molecular weight excluding hydrogens is 382 g/mol. The van der Waals surface area contributed by atoms with Crippen LogP contribution in [0.25, 0.3) is 0 Å². The van der Waals surface area contributed by atoms with Crippen molar-refractivity contribution in [2.24, 2.45) is 0 Å². The molecule has 0 aliphatic carbocycles. The number of aryl methyl sites for hydroxylation is 1. The lowest BCUT2D eigenvalue weighted by molar-refractivity contribution is 0.0740. The van der Waals surface area contributed by atoms with Crippen molar-refractivity contribution < 1.29 is 14.0 Å². The maximum atomic E-state index is 13.2. The van der Waals surface area contributed by atoms with Crippen LogP contribution in [-0.4, -0.2) is 40.9 Å². The first-order valence-electron chi connectivity index (χ1n) is 10.5. The van der Waals surface area contributed by atoms with E-state index in [2.05, 4.69) is 11.9 Å². The highest BCUT2D eigenvalue weighted by molar-refractivity contribution is 5.99. The van der Waals surface area contributed by atoms with Crippen LogP contribution in [0.5, 0.6) is 0 Å². The van der Waals surface area contributed by atoms with Crippen molar-refractivity contribution in [3.8, 4) is 0 Å². The van der Waals surface area contributed by atoms with E-state index in [9.17, 15) is 14.4 Å². The number of nitrogens with one attached hydrogen (secondary N) is 1. The van der Waals surface area contributed by atoms with Gasteiger partial charge < -0.3 is 19.2 Å². The minimum Gasteiger partial charge on any atom is -0.464 e. The van der Waals surface area contributed by atoms with Crippen molar-refractivity contribution in [2.45, 2.75) is 45.6 Å². The largest absolute Gasteiger partial charge is 0.464 e. The van der Waals surface area contributed by atoms with Gasteiger partial charge in [-0.25, -0.2) is 0 Å². The summed E-state index contributed by atoms with van der Waals surface area (Å²) in [5, 5.41) is 2.63. The second-order valence-electron chi connectivity index (χ2n) is 7.66. The second-order valence-corrected chi connectivity index (χ2v) is 7.66. The van der Waals surface area contributed by atoms with E-state index < -0.39 is 11.3 Å². The first kappa shape index (κ1) is 21.6. The van der Waals surface area contributed by atoms with E-state index in [0.717, 1.165) is 31.4 Å². The van der Waals surface area contributed by atoms with Gasteiger partial charge in [-0.05, 0) is 31.9 Å². The molecule has 0 atom stereocenters. The highest BCUT2D eigenvalue weighted by Crippen LogP contribution is 2.14. The summed E-state index contributed by atoms with van der Waals surface area (Å²) in [5.74, 6) is 0.612. The van der Waals surface area contributed by atoms with Crippen LogP contribution in [0.1, 0.15) is 64.3 Å². The predicted molar refractivity (Wildman–Crippen MR) is 115 cm³/mol. The van der Waals surface area contributed by atoms with Gasteiger partial charge in [0.25, 0.3) is 11.8 Å². The Morgan fingerprint density at radius 2 is 1.77 bits per heavy atom. The van der Waals surface area contributed by atoms with E-state index in [0.29, 0.717) is 25.4 Å². The number of carbonyl (C=O) groups excluding carboxylic acids is 2. The van der Waals surface area contributed by atoms with E-state index >= 15 is 0 Å². The van der Waals surface area contributed by atoms with Crippen LogP contribution in [-0.2, 0) is 6.54 Å². The summed E-state index contributed by atoms with van der Waals surface area (Å²) in [5.41, 5.74) is -0.585. The predicted octanol–water partition coefficient (Wildman–Crippen LogP) is 3.12. The molecule has 160 valence electrons. The SMILES string of the molecule is C=CCNC(=O)c1cn(Cc2ccc(C)o2)cc(C(=O)N2CCCCCCC2)c1=O. The van der Waals surface area contributed by atoms with E-state index in [4.69, 9.17) is 4.42 Å². The van der Waals surface area contributed by atoms with Crippen molar-refractivity contribution in [3.05, 3.63) is 70.1 Å². The zero-order valence-corrected chi connectivity index (χ0v) is 17.5. The number of hydrogen-bond acceptors (Lipinski definition) is 4. The number of likely N-dealkylation sites (tertiary alicyclic amines) is 1. The molecule has 0 aromatic carbocycles. The van der Waals surface area contributed by atoms with E-state index in [1.165, 1.54) is 24.9 Å². The maximum Gasteiger partial charge on any atom is 0.259 e. The number of amides is 2. The first-order chi connectivity index (χ1) is 14.5. The Morgan fingerprint density at radius 3 is 2.40 bits per heavy atom. The van der Waals surface area contributed by atoms with Gasteiger partial charge in [-0.15, -0.1) is 6.58 Å². The molecule has 0 bridgehead atoms. The lowest BCUT2D eigenvalue weighted by atomic mass is 10.1. The van der Waals surface area contributed by atoms with Crippen molar-refractivity contribution in [3.63, 3.8) is 0 Å². The van der Waals surface area contributed by atoms with Gasteiger partial charge in [0, 0.05) is 32.0 Å². The lowest BCUT2D eigenvalue weighted by Gasteiger charge is -2.25. The summed E-state index contributed by atoms with van der Waals surface area (Å²) in [6, 6.07) is 3.69. The Bertz CT molecular complexity index is 965. The number of nitrogens with zero attached hydrogens (tertiary/aromatic N) is 2. The fourth-order valence-corrected chi connectivity index (χ4v) is 3.67. The van der Waals surface area contributed by atoms with Crippen LogP contribution in [0.15, 0.2) is 46.4 Å². The first-order valence-corrected chi connectivity index (χ1v) is 10.5. The van der Waals surface area contributed by atoms with Gasteiger partial charge >= 0.3 is 0 Å². The maximum absolute atomic E-state index is 13.2. The van der Waals surface area contributed by atoms with Gasteiger partial charge in [0.2, 0.25) is 5.43 Å². The molecule has 1 aliphatic rings. The third-order valence-corrected chi connectivity index (χ3v) is 5.24. The van der Waals surface area contributed by atoms with Crippen molar-refractivity contribution in [2.75, 3.05) is 19.6 Å². The molecule has 0 spiro atoms. The highest BCUT2D eigenvalue weighted by atomic mass is 16.3. The van der Waals surface area contributed by atoms with Gasteiger partial charge in [0.05, 0.1) is 6.54 Å². The molecule has 30 heavy (non-hydrogen) atoms. The van der Waals surface area contributed by atoms with Gasteiger partial charge in [-0.1, -0.05) is 25.3 Å². The zero-order chi connectivity index (χ0) is 21.5. The standard InChI is InChI=1S/C23H29N3O4/c1-3-11-24-22(28)19-15-25(14-18-10-9-17(2)30-18)16-20(21(19)27)23(29)26-12-7-5-4-6-8-13-26/h3,9-10,15-16H,1,4-8,11-14H2,2H3,(H,24,28). The second kappa shape index (κ2) is 10.1. The van der Waals surface area contributed by atoms with Crippen LogP contribution in [0.2, 0.25) is 0 Å². The summed E-state index contributed by atoms with van der Waals surface area (Å²) in [4.78, 5) is 40.6. The van der Waals surface area contributed by atoms with Crippen LogP contribution >= 0.6 is 0 Å². The molecule has 1 saturated heterocycles. The third kappa shape index (κ3) is 5.28. The topological polar surface area (TPSA) is 84.6 Å². The lowest BCUT2D eigenvalue weighted by Crippen LogP contribution is -2.39. The Hall–Kier alpha value is -3.09. The molecule has 2 aromatic heterocycles. The van der Waals surface area contributed by atoms with E-state index in [1.807, 2.05) is 19.1 Å². The molecule has 0 unspecified atom stereocenters. The number of rotatable bonds is 6. The van der Waals surface area contributed by atoms with E-state index in [-0.39, 0.29) is 23.6 Å². The number of pyridine rings is 1. The summed E-state index contributed by atoms with van der Waals surface area (Å²) in [6.07, 6.45) is 9.73. The molecule has 2 aromatic rings. The van der Waals surface area contributed by atoms with Crippen molar-refractivity contribution in [1.29, 1.82) is 0 Å². The smallest absolute Gasteiger partial charge is 0.259 e. The van der Waals surface area contributed by atoms with Gasteiger partial charge in [0.1, 0.15) is 22.6 Å². The molecule has 7 nitrogen and oxygen atoms in total. The van der Waals surface area contributed by atoms with E-state index in [1.54, 1.807) is 9.47 Å². The quantitative estimate of drug-likeness (QED) is 0.740. The Morgan fingerprint density at radius 1 is 1.10 bits per heavy atom. The Balaban J connectivity index is 1.97. The number of aromatic nitrogens is 1. The summed E-state index contributed by atoms with van der Waals surface area (Å²) in [7, 11) is 0. The van der Waals surface area contributed by atoms with Crippen LogP contribution in [0.3, 0.4) is 0 Å². The summed E-state index contributed by atoms with van der Waals surface area (Å²) >= 11 is 0. The van der Waals surface area contributed by atoms with Gasteiger partial charge in [-0.3, -0.25) is 14.4 Å². The van der Waals surface area contributed by atoms with Crippen molar-refractivity contribution >= 4 is 11.8 Å². The number of hydrogen-bond donors (Lipinski definition) is 1. The average molecular weight is 412 g/mol.